The highest BCUT2D eigenvalue weighted by Gasteiger charge is 2.19. The SMILES string of the molecule is CCOC(C)Oc1ccc(PC(=O)c2c(C)cc(C(C)(C)C)cc2C)cc1. The van der Waals surface area contributed by atoms with Crippen LogP contribution in [0.3, 0.4) is 0 Å². The number of aryl methyl sites for hydroxylation is 2. The van der Waals surface area contributed by atoms with Gasteiger partial charge in [0, 0.05) is 12.2 Å². The van der Waals surface area contributed by atoms with Gasteiger partial charge in [-0.2, -0.15) is 0 Å². The molecule has 0 aromatic heterocycles. The van der Waals surface area contributed by atoms with Gasteiger partial charge in [-0.05, 0) is 75.8 Å². The molecule has 2 atom stereocenters. The smallest absolute Gasteiger partial charge is 0.196 e. The van der Waals surface area contributed by atoms with E-state index in [0.717, 1.165) is 27.7 Å². The summed E-state index contributed by atoms with van der Waals surface area (Å²) in [5, 5.41) is 1.01. The zero-order chi connectivity index (χ0) is 20.2. The maximum atomic E-state index is 12.9. The van der Waals surface area contributed by atoms with Crippen LogP contribution < -0.4 is 10.0 Å². The lowest BCUT2D eigenvalue weighted by Gasteiger charge is -2.22. The van der Waals surface area contributed by atoms with Gasteiger partial charge in [0.05, 0.1) is 0 Å². The molecule has 3 nitrogen and oxygen atoms in total. The van der Waals surface area contributed by atoms with Gasteiger partial charge in [0.2, 0.25) is 0 Å². The van der Waals surface area contributed by atoms with Gasteiger partial charge in [0.15, 0.2) is 11.8 Å². The van der Waals surface area contributed by atoms with Crippen molar-refractivity contribution in [1.29, 1.82) is 0 Å². The summed E-state index contributed by atoms with van der Waals surface area (Å²) in [6.45, 7) is 15.1. The molecule has 0 spiro atoms. The molecule has 2 aromatic carbocycles. The van der Waals surface area contributed by atoms with Gasteiger partial charge in [0.1, 0.15) is 5.75 Å². The van der Waals surface area contributed by atoms with Crippen molar-refractivity contribution in [2.75, 3.05) is 6.61 Å². The molecule has 2 unspecified atom stereocenters. The lowest BCUT2D eigenvalue weighted by molar-refractivity contribution is -0.0613. The van der Waals surface area contributed by atoms with E-state index >= 15 is 0 Å². The molecule has 0 aliphatic rings. The summed E-state index contributed by atoms with van der Waals surface area (Å²) in [6, 6.07) is 12.0. The largest absolute Gasteiger partial charge is 0.465 e. The molecule has 0 heterocycles. The average molecular weight is 386 g/mol. The molecule has 146 valence electrons. The van der Waals surface area contributed by atoms with Gasteiger partial charge in [0.25, 0.3) is 0 Å². The fourth-order valence-electron chi connectivity index (χ4n) is 3.03. The lowest BCUT2D eigenvalue weighted by atomic mass is 9.84. The second kappa shape index (κ2) is 8.99. The number of hydrogen-bond donors (Lipinski definition) is 0. The summed E-state index contributed by atoms with van der Waals surface area (Å²) in [4.78, 5) is 12.9. The summed E-state index contributed by atoms with van der Waals surface area (Å²) in [6.07, 6.45) is -0.281. The van der Waals surface area contributed by atoms with Crippen molar-refractivity contribution in [3.63, 3.8) is 0 Å². The molecular weight excluding hydrogens is 355 g/mol. The second-order valence-corrected chi connectivity index (χ2v) is 9.14. The Morgan fingerprint density at radius 1 is 1.07 bits per heavy atom. The quantitative estimate of drug-likeness (QED) is 0.465. The number of benzene rings is 2. The van der Waals surface area contributed by atoms with E-state index in [0.29, 0.717) is 6.61 Å². The van der Waals surface area contributed by atoms with Crippen molar-refractivity contribution < 1.29 is 14.3 Å². The first kappa shape index (κ1) is 21.6. The maximum Gasteiger partial charge on any atom is 0.196 e. The molecule has 0 amide bonds. The first-order chi connectivity index (χ1) is 12.6. The van der Waals surface area contributed by atoms with Crippen molar-refractivity contribution in [2.45, 2.75) is 60.2 Å². The molecular formula is C23H31O3P. The number of hydrogen-bond acceptors (Lipinski definition) is 3. The molecule has 0 saturated heterocycles. The Balaban J connectivity index is 2.13. The van der Waals surface area contributed by atoms with Gasteiger partial charge in [-0.1, -0.05) is 45.0 Å². The number of rotatable bonds is 7. The second-order valence-electron chi connectivity index (χ2n) is 7.85. The third kappa shape index (κ3) is 5.89. The van der Waals surface area contributed by atoms with E-state index in [-0.39, 0.29) is 25.8 Å². The number of carbonyl (C=O) groups is 1. The first-order valence-corrected chi connectivity index (χ1v) is 10.4. The molecule has 2 aromatic rings. The minimum absolute atomic E-state index is 0.0772. The van der Waals surface area contributed by atoms with Gasteiger partial charge in [-0.15, -0.1) is 0 Å². The lowest BCUT2D eigenvalue weighted by Crippen LogP contribution is -2.16. The molecule has 0 saturated carbocycles. The van der Waals surface area contributed by atoms with E-state index in [1.54, 1.807) is 0 Å². The summed E-state index contributed by atoms with van der Waals surface area (Å²) < 4.78 is 11.1. The molecule has 0 N–H and O–H groups in total. The fraction of sp³-hybridized carbons (Fsp3) is 0.435. The van der Waals surface area contributed by atoms with E-state index < -0.39 is 0 Å². The Labute approximate surface area is 165 Å². The van der Waals surface area contributed by atoms with Crippen molar-refractivity contribution in [2.24, 2.45) is 0 Å². The summed E-state index contributed by atoms with van der Waals surface area (Å²) in [7, 11) is 0.0988. The van der Waals surface area contributed by atoms with E-state index in [2.05, 4.69) is 32.9 Å². The van der Waals surface area contributed by atoms with Gasteiger partial charge in [-0.3, -0.25) is 4.79 Å². The topological polar surface area (TPSA) is 35.5 Å². The van der Waals surface area contributed by atoms with Crippen LogP contribution in [-0.2, 0) is 10.2 Å². The van der Waals surface area contributed by atoms with Crippen LogP contribution in [0.4, 0.5) is 0 Å². The molecule has 4 heteroatoms. The van der Waals surface area contributed by atoms with Crippen molar-refractivity contribution in [1.82, 2.24) is 0 Å². The Bertz CT molecular complexity index is 765. The standard InChI is InChI=1S/C23H31O3P/c1-8-25-17(4)26-19-9-11-20(12-10-19)27-22(24)21-15(2)13-18(14-16(21)3)23(5,6)7/h9-14,17,27H,8H2,1-7H3. The van der Waals surface area contributed by atoms with Crippen molar-refractivity contribution in [3.05, 3.63) is 58.7 Å². The van der Waals surface area contributed by atoms with Gasteiger partial charge >= 0.3 is 0 Å². The third-order valence-electron chi connectivity index (χ3n) is 4.44. The van der Waals surface area contributed by atoms with Crippen LogP contribution in [-0.4, -0.2) is 18.4 Å². The highest BCUT2D eigenvalue weighted by molar-refractivity contribution is 7.66. The van der Waals surface area contributed by atoms with Crippen LogP contribution >= 0.6 is 8.58 Å². The minimum atomic E-state index is -0.281. The maximum absolute atomic E-state index is 12.9. The van der Waals surface area contributed by atoms with Crippen LogP contribution in [0.25, 0.3) is 0 Å². The molecule has 0 aliphatic carbocycles. The average Bonchev–Trinajstić information content (AvgIpc) is 2.55. The molecule has 0 fully saturated rings. The zero-order valence-corrected chi connectivity index (χ0v) is 18.5. The normalized spacial score (nSPS) is 13.1. The fourth-order valence-corrected chi connectivity index (χ4v) is 4.14. The number of ether oxygens (including phenoxy) is 2. The van der Waals surface area contributed by atoms with Crippen LogP contribution in [0.15, 0.2) is 36.4 Å². The van der Waals surface area contributed by atoms with E-state index in [9.17, 15) is 4.79 Å². The van der Waals surface area contributed by atoms with Gasteiger partial charge < -0.3 is 9.47 Å². The van der Waals surface area contributed by atoms with Crippen LogP contribution in [0.2, 0.25) is 0 Å². The van der Waals surface area contributed by atoms with E-state index in [4.69, 9.17) is 9.47 Å². The Morgan fingerprint density at radius 3 is 2.11 bits per heavy atom. The molecule has 0 radical (unpaired) electrons. The first-order valence-electron chi connectivity index (χ1n) is 9.43. The van der Waals surface area contributed by atoms with Crippen molar-refractivity contribution >= 4 is 19.4 Å². The third-order valence-corrected chi connectivity index (χ3v) is 5.54. The summed E-state index contributed by atoms with van der Waals surface area (Å²) >= 11 is 0. The Kier molecular flexibility index (Phi) is 7.19. The van der Waals surface area contributed by atoms with Crippen LogP contribution in [0, 0.1) is 13.8 Å². The highest BCUT2D eigenvalue weighted by atomic mass is 31.1. The number of carbonyl (C=O) groups excluding carboxylic acids is 1. The Hall–Kier alpha value is -1.70. The molecule has 27 heavy (non-hydrogen) atoms. The molecule has 2 rings (SSSR count). The predicted molar refractivity (Wildman–Crippen MR) is 115 cm³/mol. The van der Waals surface area contributed by atoms with Gasteiger partial charge in [-0.25, -0.2) is 0 Å². The van der Waals surface area contributed by atoms with E-state index in [1.165, 1.54) is 5.56 Å². The zero-order valence-electron chi connectivity index (χ0n) is 17.5. The van der Waals surface area contributed by atoms with Crippen LogP contribution in [0.5, 0.6) is 5.75 Å². The van der Waals surface area contributed by atoms with E-state index in [1.807, 2.05) is 52.0 Å². The molecule has 0 bridgehead atoms. The van der Waals surface area contributed by atoms with Crippen molar-refractivity contribution in [3.8, 4) is 5.75 Å². The van der Waals surface area contributed by atoms with Crippen LogP contribution in [0.1, 0.15) is 61.7 Å². The summed E-state index contributed by atoms with van der Waals surface area (Å²) in [5.74, 6) is 0.749. The predicted octanol–water partition coefficient (Wildman–Crippen LogP) is 5.51. The monoisotopic (exact) mass is 386 g/mol. The summed E-state index contributed by atoms with van der Waals surface area (Å²) in [5.41, 5.74) is 4.50. The molecule has 0 aliphatic heterocycles. The highest BCUT2D eigenvalue weighted by Crippen LogP contribution is 2.30. The Morgan fingerprint density at radius 2 is 1.63 bits per heavy atom. The minimum Gasteiger partial charge on any atom is -0.465 e.